The average Bonchev–Trinajstić information content (AvgIpc) is 3.15. The molecule has 0 aromatic carbocycles. The smallest absolute Gasteiger partial charge is 0.258 e. The van der Waals surface area contributed by atoms with Gasteiger partial charge in [0.05, 0.1) is 22.3 Å². The van der Waals surface area contributed by atoms with Crippen LogP contribution in [0.1, 0.15) is 52.0 Å². The van der Waals surface area contributed by atoms with E-state index in [2.05, 4.69) is 19.7 Å². The van der Waals surface area contributed by atoms with Crippen LogP contribution in [0.3, 0.4) is 0 Å². The molecule has 1 fully saturated rings. The topological polar surface area (TPSA) is 77.0 Å². The molecule has 0 saturated carbocycles. The molecule has 7 nitrogen and oxygen atoms in total. The molecule has 3 aromatic rings. The second kappa shape index (κ2) is 6.23. The fraction of sp³-hybridized carbons (Fsp3) is 0.474. The number of fused-ring (bicyclic) bond motifs is 1. The monoisotopic (exact) mass is 353 g/mol. The summed E-state index contributed by atoms with van der Waals surface area (Å²) in [7, 11) is 2.02. The molecule has 0 aliphatic carbocycles. The summed E-state index contributed by atoms with van der Waals surface area (Å²) in [6.45, 7) is 7.14. The minimum absolute atomic E-state index is 0.0161. The Hall–Kier alpha value is -2.70. The molecule has 1 aliphatic rings. The van der Waals surface area contributed by atoms with Gasteiger partial charge in [0.15, 0.2) is 0 Å². The Morgan fingerprint density at radius 3 is 2.77 bits per heavy atom. The highest BCUT2D eigenvalue weighted by atomic mass is 16.5. The first-order valence-corrected chi connectivity index (χ1v) is 8.97. The number of piperidine rings is 1. The zero-order valence-corrected chi connectivity index (χ0v) is 15.6. The highest BCUT2D eigenvalue weighted by molar-refractivity contribution is 6.06. The van der Waals surface area contributed by atoms with Crippen LogP contribution in [0.2, 0.25) is 0 Å². The van der Waals surface area contributed by atoms with Gasteiger partial charge in [0.25, 0.3) is 11.6 Å². The van der Waals surface area contributed by atoms with Crippen LogP contribution < -0.4 is 0 Å². The van der Waals surface area contributed by atoms with Gasteiger partial charge in [-0.2, -0.15) is 0 Å². The number of carbonyl (C=O) groups excluding carboxylic acids is 1. The van der Waals surface area contributed by atoms with Crippen molar-refractivity contribution in [2.45, 2.75) is 39.5 Å². The molecule has 0 radical (unpaired) electrons. The van der Waals surface area contributed by atoms with E-state index in [1.165, 1.54) is 0 Å². The first-order chi connectivity index (χ1) is 12.4. The Labute approximate surface area is 152 Å². The molecule has 4 heterocycles. The Balaban J connectivity index is 1.66. The van der Waals surface area contributed by atoms with Gasteiger partial charge >= 0.3 is 0 Å². The highest BCUT2D eigenvalue weighted by Crippen LogP contribution is 2.29. The van der Waals surface area contributed by atoms with Crippen molar-refractivity contribution in [3.05, 3.63) is 40.7 Å². The van der Waals surface area contributed by atoms with Crippen LogP contribution in [0.4, 0.5) is 0 Å². The van der Waals surface area contributed by atoms with Gasteiger partial charge in [-0.1, -0.05) is 5.16 Å². The third-order valence-corrected chi connectivity index (χ3v) is 5.08. The number of imidazole rings is 1. The van der Waals surface area contributed by atoms with Gasteiger partial charge in [-0.3, -0.25) is 4.79 Å². The van der Waals surface area contributed by atoms with Crippen molar-refractivity contribution in [1.82, 2.24) is 24.6 Å². The van der Waals surface area contributed by atoms with Gasteiger partial charge in [0.1, 0.15) is 5.82 Å². The van der Waals surface area contributed by atoms with E-state index in [0.29, 0.717) is 23.5 Å². The number of hydrogen-bond acceptors (Lipinski definition) is 5. The van der Waals surface area contributed by atoms with Gasteiger partial charge in [-0.15, -0.1) is 0 Å². The van der Waals surface area contributed by atoms with Crippen molar-refractivity contribution in [3.63, 3.8) is 0 Å². The van der Waals surface area contributed by atoms with E-state index >= 15 is 0 Å². The Bertz CT molecular complexity index is 987. The summed E-state index contributed by atoms with van der Waals surface area (Å²) in [5.41, 5.74) is 3.52. The van der Waals surface area contributed by atoms with Crippen molar-refractivity contribution < 1.29 is 9.32 Å². The quantitative estimate of drug-likeness (QED) is 0.708. The summed E-state index contributed by atoms with van der Waals surface area (Å²) < 4.78 is 7.35. The van der Waals surface area contributed by atoms with Gasteiger partial charge in [0.2, 0.25) is 0 Å². The van der Waals surface area contributed by atoms with E-state index in [1.807, 2.05) is 45.0 Å². The predicted octanol–water partition coefficient (Wildman–Crippen LogP) is 2.90. The maximum Gasteiger partial charge on any atom is 0.258 e. The Morgan fingerprint density at radius 2 is 2.04 bits per heavy atom. The molecule has 0 spiro atoms. The number of hydrogen-bond donors (Lipinski definition) is 0. The van der Waals surface area contributed by atoms with Crippen molar-refractivity contribution in [1.29, 1.82) is 0 Å². The van der Waals surface area contributed by atoms with Crippen LogP contribution in [-0.2, 0) is 7.05 Å². The fourth-order valence-electron chi connectivity index (χ4n) is 3.94. The standard InChI is InChI=1S/C19H23N5O2/c1-11-8-15(16-13(3)22-26-18(16)21-11)19(25)24-7-5-6-14(10-24)17-20-12(2)9-23(17)4/h8-9,14H,5-7,10H2,1-4H3/t14-/m0/s1. The number of pyridine rings is 1. The fourth-order valence-corrected chi connectivity index (χ4v) is 3.94. The first kappa shape index (κ1) is 16.8. The van der Waals surface area contributed by atoms with E-state index in [1.54, 1.807) is 0 Å². The van der Waals surface area contributed by atoms with Crippen molar-refractivity contribution in [2.24, 2.45) is 7.05 Å². The lowest BCUT2D eigenvalue weighted by Crippen LogP contribution is -2.39. The molecule has 1 amide bonds. The van der Waals surface area contributed by atoms with Crippen molar-refractivity contribution in [3.8, 4) is 0 Å². The van der Waals surface area contributed by atoms with Crippen LogP contribution in [0.15, 0.2) is 16.8 Å². The molecule has 1 atom stereocenters. The lowest BCUT2D eigenvalue weighted by atomic mass is 9.96. The molecule has 0 N–H and O–H groups in total. The van der Waals surface area contributed by atoms with Crippen LogP contribution in [0.25, 0.3) is 11.1 Å². The third kappa shape index (κ3) is 2.77. The SMILES string of the molecule is Cc1cn(C)c([C@H]2CCCN(C(=O)c3cc(C)nc4onc(C)c34)C2)n1. The van der Waals surface area contributed by atoms with E-state index in [0.717, 1.165) is 42.0 Å². The first-order valence-electron chi connectivity index (χ1n) is 8.97. The molecular weight excluding hydrogens is 330 g/mol. The van der Waals surface area contributed by atoms with Gasteiger partial charge < -0.3 is 14.0 Å². The summed E-state index contributed by atoms with van der Waals surface area (Å²) >= 11 is 0. The Kier molecular flexibility index (Phi) is 4.01. The summed E-state index contributed by atoms with van der Waals surface area (Å²) in [5.74, 6) is 1.33. The predicted molar refractivity (Wildman–Crippen MR) is 97.1 cm³/mol. The lowest BCUT2D eigenvalue weighted by Gasteiger charge is -2.32. The average molecular weight is 353 g/mol. The van der Waals surface area contributed by atoms with Crippen molar-refractivity contribution >= 4 is 17.0 Å². The van der Waals surface area contributed by atoms with Gasteiger partial charge in [-0.25, -0.2) is 9.97 Å². The number of rotatable bonds is 2. The van der Waals surface area contributed by atoms with Crippen LogP contribution >= 0.6 is 0 Å². The number of amides is 1. The molecule has 1 saturated heterocycles. The number of aryl methyl sites for hydroxylation is 4. The molecule has 0 unspecified atom stereocenters. The summed E-state index contributed by atoms with van der Waals surface area (Å²) in [4.78, 5) is 24.2. The van der Waals surface area contributed by atoms with E-state index in [-0.39, 0.29) is 11.8 Å². The molecule has 136 valence electrons. The minimum Gasteiger partial charge on any atom is -0.338 e. The Morgan fingerprint density at radius 1 is 1.23 bits per heavy atom. The van der Waals surface area contributed by atoms with Crippen LogP contribution in [0.5, 0.6) is 0 Å². The zero-order valence-electron chi connectivity index (χ0n) is 15.6. The normalized spacial score (nSPS) is 17.8. The van der Waals surface area contributed by atoms with Gasteiger partial charge in [-0.05, 0) is 39.7 Å². The van der Waals surface area contributed by atoms with E-state index in [4.69, 9.17) is 4.52 Å². The number of aromatic nitrogens is 4. The number of carbonyl (C=O) groups is 1. The minimum atomic E-state index is 0.0161. The molecule has 26 heavy (non-hydrogen) atoms. The third-order valence-electron chi connectivity index (χ3n) is 5.08. The number of nitrogens with zero attached hydrogens (tertiary/aromatic N) is 5. The molecule has 0 bridgehead atoms. The zero-order chi connectivity index (χ0) is 18.4. The maximum absolute atomic E-state index is 13.3. The maximum atomic E-state index is 13.3. The number of likely N-dealkylation sites (tertiary alicyclic amines) is 1. The van der Waals surface area contributed by atoms with E-state index in [9.17, 15) is 4.79 Å². The second-order valence-corrected chi connectivity index (χ2v) is 7.20. The summed E-state index contributed by atoms with van der Waals surface area (Å²) in [6.07, 6.45) is 4.05. The van der Waals surface area contributed by atoms with Crippen molar-refractivity contribution in [2.75, 3.05) is 13.1 Å². The lowest BCUT2D eigenvalue weighted by molar-refractivity contribution is 0.0705. The summed E-state index contributed by atoms with van der Waals surface area (Å²) in [6, 6.07) is 1.84. The van der Waals surface area contributed by atoms with Crippen LogP contribution in [-0.4, -0.2) is 43.6 Å². The second-order valence-electron chi connectivity index (χ2n) is 7.20. The molecule has 1 aliphatic heterocycles. The summed E-state index contributed by atoms with van der Waals surface area (Å²) in [5, 5.41) is 4.70. The highest BCUT2D eigenvalue weighted by Gasteiger charge is 2.29. The molecule has 7 heteroatoms. The van der Waals surface area contributed by atoms with E-state index < -0.39 is 0 Å². The molecule has 4 rings (SSSR count). The van der Waals surface area contributed by atoms with Gasteiger partial charge in [0, 0.05) is 37.9 Å². The van der Waals surface area contributed by atoms with Crippen LogP contribution in [0, 0.1) is 20.8 Å². The molecule has 3 aromatic heterocycles. The largest absolute Gasteiger partial charge is 0.338 e. The molecular formula is C19H23N5O2.